The fourth-order valence-electron chi connectivity index (χ4n) is 2.71. The topological polar surface area (TPSA) is 112 Å². The minimum Gasteiger partial charge on any atom is -0.451 e. The minimum atomic E-state index is -0.957. The number of hydrogen-bond acceptors (Lipinski definition) is 5. The van der Waals surface area contributed by atoms with Crippen LogP contribution in [0.5, 0.6) is 0 Å². The lowest BCUT2D eigenvalue weighted by Gasteiger charge is -2.23. The van der Waals surface area contributed by atoms with Crippen LogP contribution in [0.3, 0.4) is 0 Å². The lowest BCUT2D eigenvalue weighted by molar-refractivity contribution is -0.135. The number of hydrogen-bond donors (Lipinski definition) is 2. The summed E-state index contributed by atoms with van der Waals surface area (Å²) in [5.41, 5.74) is -0.0133. The maximum Gasteiger partial charge on any atom is 0.355 e. The molecule has 0 atom stereocenters. The Labute approximate surface area is 165 Å². The number of benzene rings is 2. The van der Waals surface area contributed by atoms with Crippen LogP contribution in [0, 0.1) is 0 Å². The van der Waals surface area contributed by atoms with Crippen LogP contribution in [-0.4, -0.2) is 33.4 Å². The smallest absolute Gasteiger partial charge is 0.355 e. The fourth-order valence-corrected chi connectivity index (χ4v) is 2.71. The van der Waals surface area contributed by atoms with Crippen LogP contribution < -0.4 is 11.2 Å². The molecule has 0 saturated carbocycles. The van der Waals surface area contributed by atoms with Gasteiger partial charge >= 0.3 is 11.7 Å². The number of amides is 1. The first-order valence-corrected chi connectivity index (χ1v) is 8.87. The summed E-state index contributed by atoms with van der Waals surface area (Å²) in [5.74, 6) is -1.36. The van der Waals surface area contributed by atoms with E-state index in [2.05, 4.69) is 4.98 Å². The first kappa shape index (κ1) is 19.8. The van der Waals surface area contributed by atoms with Gasteiger partial charge in [0.2, 0.25) is 0 Å². The van der Waals surface area contributed by atoms with Gasteiger partial charge in [0, 0.05) is 19.2 Å². The monoisotopic (exact) mass is 393 g/mol. The molecule has 2 aromatic carbocycles. The molecule has 0 radical (unpaired) electrons. The lowest BCUT2D eigenvalue weighted by Crippen LogP contribution is -2.34. The molecule has 0 fully saturated rings. The molecule has 1 amide bonds. The number of carbonyl (C=O) groups excluding carboxylic acids is 2. The zero-order valence-electron chi connectivity index (χ0n) is 15.5. The number of H-pyrrole nitrogens is 2. The molecule has 1 heterocycles. The summed E-state index contributed by atoms with van der Waals surface area (Å²) in [7, 11) is 0. The summed E-state index contributed by atoms with van der Waals surface area (Å²) in [6, 6.07) is 19.8. The van der Waals surface area contributed by atoms with Crippen molar-refractivity contribution in [3.8, 4) is 0 Å². The predicted molar refractivity (Wildman–Crippen MR) is 105 cm³/mol. The van der Waals surface area contributed by atoms with Gasteiger partial charge < -0.3 is 14.6 Å². The first-order chi connectivity index (χ1) is 14.0. The van der Waals surface area contributed by atoms with E-state index in [0.717, 1.165) is 17.2 Å². The third-order valence-corrected chi connectivity index (χ3v) is 4.09. The predicted octanol–water partition coefficient (Wildman–Crippen LogP) is 1.45. The molecule has 2 N–H and O–H groups in total. The van der Waals surface area contributed by atoms with Crippen molar-refractivity contribution in [1.82, 2.24) is 14.9 Å². The van der Waals surface area contributed by atoms with Crippen LogP contribution in [-0.2, 0) is 22.6 Å². The lowest BCUT2D eigenvalue weighted by atomic mass is 10.1. The average Bonchev–Trinajstić information content (AvgIpc) is 2.72. The van der Waals surface area contributed by atoms with Crippen LogP contribution in [0.15, 0.2) is 76.3 Å². The second-order valence-corrected chi connectivity index (χ2v) is 6.30. The van der Waals surface area contributed by atoms with Crippen molar-refractivity contribution >= 4 is 11.9 Å². The molecule has 3 rings (SSSR count). The highest BCUT2D eigenvalue weighted by atomic mass is 16.5. The number of carbonyl (C=O) groups is 2. The highest BCUT2D eigenvalue weighted by molar-refractivity contribution is 5.89. The number of aromatic amines is 2. The third kappa shape index (κ3) is 5.77. The number of esters is 1. The molecule has 0 unspecified atom stereocenters. The summed E-state index contributed by atoms with van der Waals surface area (Å²) in [6.07, 6.45) is 0. The SMILES string of the molecule is O=C(OCC(=O)N(Cc1ccccc1)Cc1ccccc1)c1cc(=O)[nH]c(=O)[nH]1. The van der Waals surface area contributed by atoms with E-state index in [-0.39, 0.29) is 5.69 Å². The molecule has 1 aromatic heterocycles. The zero-order chi connectivity index (χ0) is 20.6. The highest BCUT2D eigenvalue weighted by Crippen LogP contribution is 2.11. The van der Waals surface area contributed by atoms with E-state index in [1.54, 1.807) is 4.90 Å². The van der Waals surface area contributed by atoms with Crippen molar-refractivity contribution in [3.63, 3.8) is 0 Å². The highest BCUT2D eigenvalue weighted by Gasteiger charge is 2.18. The Hall–Kier alpha value is -3.94. The van der Waals surface area contributed by atoms with E-state index in [9.17, 15) is 19.2 Å². The standard InChI is InChI=1S/C21H19N3O5/c25-18-11-17(22-21(28)23-18)20(27)29-14-19(26)24(12-15-7-3-1-4-8-15)13-16-9-5-2-6-10-16/h1-11H,12-14H2,(H2,22,23,25,28). The summed E-state index contributed by atoms with van der Waals surface area (Å²) in [5, 5.41) is 0. The van der Waals surface area contributed by atoms with E-state index in [4.69, 9.17) is 4.74 Å². The van der Waals surface area contributed by atoms with Gasteiger partial charge in [-0.05, 0) is 11.1 Å². The maximum absolute atomic E-state index is 12.7. The fraction of sp³-hybridized carbons (Fsp3) is 0.143. The van der Waals surface area contributed by atoms with E-state index in [1.165, 1.54) is 0 Å². The third-order valence-electron chi connectivity index (χ3n) is 4.09. The number of nitrogens with zero attached hydrogens (tertiary/aromatic N) is 1. The molecule has 0 saturated heterocycles. The van der Waals surface area contributed by atoms with Gasteiger partial charge in [0.15, 0.2) is 6.61 Å². The first-order valence-electron chi connectivity index (χ1n) is 8.87. The van der Waals surface area contributed by atoms with E-state index in [0.29, 0.717) is 13.1 Å². The van der Waals surface area contributed by atoms with E-state index in [1.807, 2.05) is 65.6 Å². The van der Waals surface area contributed by atoms with E-state index >= 15 is 0 Å². The van der Waals surface area contributed by atoms with Crippen LogP contribution in [0.2, 0.25) is 0 Å². The Bertz CT molecular complexity index is 1020. The Morgan fingerprint density at radius 2 is 1.38 bits per heavy atom. The zero-order valence-corrected chi connectivity index (χ0v) is 15.5. The Morgan fingerprint density at radius 1 is 0.828 bits per heavy atom. The Kier molecular flexibility index (Phi) is 6.36. The van der Waals surface area contributed by atoms with Gasteiger partial charge in [0.25, 0.3) is 11.5 Å². The van der Waals surface area contributed by atoms with Gasteiger partial charge in [0.1, 0.15) is 5.69 Å². The molecular formula is C21H19N3O5. The molecule has 0 spiro atoms. The van der Waals surface area contributed by atoms with Crippen LogP contribution in [0.25, 0.3) is 0 Å². The molecule has 0 bridgehead atoms. The van der Waals surface area contributed by atoms with Crippen molar-refractivity contribution < 1.29 is 14.3 Å². The molecule has 29 heavy (non-hydrogen) atoms. The van der Waals surface area contributed by atoms with Gasteiger partial charge in [-0.15, -0.1) is 0 Å². The minimum absolute atomic E-state index is 0.316. The number of nitrogens with one attached hydrogen (secondary N) is 2. The summed E-state index contributed by atoms with van der Waals surface area (Å²) in [6.45, 7) is 0.162. The Balaban J connectivity index is 1.70. The largest absolute Gasteiger partial charge is 0.451 e. The van der Waals surface area contributed by atoms with Gasteiger partial charge in [-0.1, -0.05) is 60.7 Å². The average molecular weight is 393 g/mol. The summed E-state index contributed by atoms with van der Waals surface area (Å²) in [4.78, 5) is 53.1. The van der Waals surface area contributed by atoms with Crippen LogP contribution in [0.4, 0.5) is 0 Å². The molecule has 8 heteroatoms. The van der Waals surface area contributed by atoms with Gasteiger partial charge in [-0.25, -0.2) is 9.59 Å². The van der Waals surface area contributed by atoms with Gasteiger partial charge in [-0.3, -0.25) is 14.6 Å². The number of rotatable bonds is 7. The second kappa shape index (κ2) is 9.32. The molecule has 0 aliphatic heterocycles. The molecule has 0 aliphatic rings. The molecule has 0 aliphatic carbocycles. The van der Waals surface area contributed by atoms with Crippen molar-refractivity contribution in [1.29, 1.82) is 0 Å². The molecule has 148 valence electrons. The summed E-state index contributed by atoms with van der Waals surface area (Å²) >= 11 is 0. The van der Waals surface area contributed by atoms with Crippen molar-refractivity contribution in [2.45, 2.75) is 13.1 Å². The van der Waals surface area contributed by atoms with Crippen molar-refractivity contribution in [2.24, 2.45) is 0 Å². The maximum atomic E-state index is 12.7. The normalized spacial score (nSPS) is 10.3. The van der Waals surface area contributed by atoms with Crippen molar-refractivity contribution in [2.75, 3.05) is 6.61 Å². The van der Waals surface area contributed by atoms with Gasteiger partial charge in [-0.2, -0.15) is 0 Å². The Morgan fingerprint density at radius 3 is 1.90 bits per heavy atom. The van der Waals surface area contributed by atoms with Crippen molar-refractivity contribution in [3.05, 3.63) is 104 Å². The summed E-state index contributed by atoms with van der Waals surface area (Å²) < 4.78 is 5.00. The van der Waals surface area contributed by atoms with Crippen LogP contribution >= 0.6 is 0 Å². The molecule has 8 nitrogen and oxygen atoms in total. The van der Waals surface area contributed by atoms with E-state index < -0.39 is 29.7 Å². The number of aromatic nitrogens is 2. The van der Waals surface area contributed by atoms with Crippen LogP contribution in [0.1, 0.15) is 21.6 Å². The molecular weight excluding hydrogens is 374 g/mol. The van der Waals surface area contributed by atoms with Gasteiger partial charge in [0.05, 0.1) is 0 Å². The quantitative estimate of drug-likeness (QED) is 0.590. The number of ether oxygens (including phenoxy) is 1. The molecule has 3 aromatic rings. The second-order valence-electron chi connectivity index (χ2n) is 6.30.